The molecule has 1 fully saturated rings. The van der Waals surface area contributed by atoms with Crippen LogP contribution in [0.15, 0.2) is 42.7 Å². The van der Waals surface area contributed by atoms with Gasteiger partial charge in [-0.25, -0.2) is 9.78 Å². The van der Waals surface area contributed by atoms with E-state index in [-0.39, 0.29) is 23.9 Å². The van der Waals surface area contributed by atoms with E-state index in [1.165, 1.54) is 6.20 Å². The fourth-order valence-electron chi connectivity index (χ4n) is 4.67. The second kappa shape index (κ2) is 12.1. The Morgan fingerprint density at radius 2 is 1.95 bits per heavy atom. The van der Waals surface area contributed by atoms with Crippen LogP contribution in [0.4, 0.5) is 10.6 Å². The van der Waals surface area contributed by atoms with Crippen molar-refractivity contribution in [3.63, 3.8) is 0 Å². The summed E-state index contributed by atoms with van der Waals surface area (Å²) in [7, 11) is 5.45. The van der Waals surface area contributed by atoms with Gasteiger partial charge in [0.05, 0.1) is 24.8 Å². The van der Waals surface area contributed by atoms with E-state index in [1.54, 1.807) is 31.1 Å². The SMILES string of the molecule is CCCCNC(=O)Nc1ccc(C(=O)N2CCOC[C@@H]2Cc2cn(C)c3ccc(C(=O)N(C)C)cc23)cn1. The lowest BCUT2D eigenvalue weighted by molar-refractivity contribution is -0.00158. The number of rotatable bonds is 8. The van der Waals surface area contributed by atoms with Crippen molar-refractivity contribution >= 4 is 34.6 Å². The Hall–Kier alpha value is -3.92. The molecule has 0 saturated carbocycles. The van der Waals surface area contributed by atoms with Crippen molar-refractivity contribution in [3.8, 4) is 0 Å². The maximum absolute atomic E-state index is 13.5. The van der Waals surface area contributed by atoms with Gasteiger partial charge in [0.2, 0.25) is 0 Å². The van der Waals surface area contributed by atoms with Crippen LogP contribution >= 0.6 is 0 Å². The van der Waals surface area contributed by atoms with E-state index in [0.717, 1.165) is 29.3 Å². The highest BCUT2D eigenvalue weighted by Gasteiger charge is 2.29. The minimum Gasteiger partial charge on any atom is -0.377 e. The van der Waals surface area contributed by atoms with Gasteiger partial charge in [-0.1, -0.05) is 13.3 Å². The molecule has 3 heterocycles. The highest BCUT2D eigenvalue weighted by atomic mass is 16.5. The van der Waals surface area contributed by atoms with Crippen molar-refractivity contribution in [2.24, 2.45) is 7.05 Å². The summed E-state index contributed by atoms with van der Waals surface area (Å²) in [6.45, 7) is 4.01. The maximum atomic E-state index is 13.5. The number of pyridine rings is 1. The minimum atomic E-state index is -0.316. The van der Waals surface area contributed by atoms with Crippen LogP contribution in [0, 0.1) is 0 Å². The maximum Gasteiger partial charge on any atom is 0.320 e. The van der Waals surface area contributed by atoms with Gasteiger partial charge >= 0.3 is 6.03 Å². The number of anilines is 1. The molecular weight excluding hydrogens is 484 g/mol. The Kier molecular flexibility index (Phi) is 8.62. The first-order chi connectivity index (χ1) is 18.3. The Morgan fingerprint density at radius 1 is 1.16 bits per heavy atom. The molecule has 3 aromatic rings. The predicted octanol–water partition coefficient (Wildman–Crippen LogP) is 3.28. The lowest BCUT2D eigenvalue weighted by Crippen LogP contribution is -2.49. The molecule has 1 aromatic carbocycles. The van der Waals surface area contributed by atoms with Gasteiger partial charge in [0.15, 0.2) is 0 Å². The zero-order chi connectivity index (χ0) is 27.2. The van der Waals surface area contributed by atoms with Crippen LogP contribution in [0.5, 0.6) is 0 Å². The normalized spacial score (nSPS) is 15.4. The van der Waals surface area contributed by atoms with Crippen LogP contribution in [-0.2, 0) is 18.2 Å². The van der Waals surface area contributed by atoms with Crippen molar-refractivity contribution in [3.05, 3.63) is 59.4 Å². The first kappa shape index (κ1) is 27.1. The van der Waals surface area contributed by atoms with E-state index in [0.29, 0.717) is 49.7 Å². The van der Waals surface area contributed by atoms with Crippen molar-refractivity contribution < 1.29 is 19.1 Å². The highest BCUT2D eigenvalue weighted by molar-refractivity contribution is 5.99. The number of morpholine rings is 1. The monoisotopic (exact) mass is 520 g/mol. The van der Waals surface area contributed by atoms with E-state index in [4.69, 9.17) is 4.74 Å². The Morgan fingerprint density at radius 3 is 2.66 bits per heavy atom. The number of hydrogen-bond donors (Lipinski definition) is 2. The molecule has 10 nitrogen and oxygen atoms in total. The third kappa shape index (κ3) is 6.13. The summed E-state index contributed by atoms with van der Waals surface area (Å²) in [5.41, 5.74) is 3.15. The van der Waals surface area contributed by atoms with Crippen LogP contribution < -0.4 is 10.6 Å². The van der Waals surface area contributed by atoms with E-state index in [1.807, 2.05) is 34.7 Å². The van der Waals surface area contributed by atoms with Gasteiger partial charge in [0, 0.05) is 63.1 Å². The molecule has 4 amide bonds. The Labute approximate surface area is 222 Å². The molecule has 0 aliphatic carbocycles. The second-order valence-corrected chi connectivity index (χ2v) is 9.79. The average molecular weight is 521 g/mol. The number of urea groups is 1. The van der Waals surface area contributed by atoms with E-state index in [2.05, 4.69) is 28.7 Å². The lowest BCUT2D eigenvalue weighted by Gasteiger charge is -2.35. The number of aryl methyl sites for hydroxylation is 1. The van der Waals surface area contributed by atoms with Crippen molar-refractivity contribution in [2.75, 3.05) is 45.7 Å². The number of amides is 4. The van der Waals surface area contributed by atoms with Crippen molar-refractivity contribution in [1.29, 1.82) is 0 Å². The van der Waals surface area contributed by atoms with Crippen LogP contribution in [0.3, 0.4) is 0 Å². The van der Waals surface area contributed by atoms with Gasteiger partial charge in [-0.2, -0.15) is 0 Å². The zero-order valence-corrected chi connectivity index (χ0v) is 22.5. The zero-order valence-electron chi connectivity index (χ0n) is 22.5. The molecule has 10 heteroatoms. The molecule has 38 heavy (non-hydrogen) atoms. The number of nitrogens with zero attached hydrogens (tertiary/aromatic N) is 4. The number of hydrogen-bond acceptors (Lipinski definition) is 5. The number of fused-ring (bicyclic) bond motifs is 1. The van der Waals surface area contributed by atoms with Crippen molar-refractivity contribution in [1.82, 2.24) is 24.7 Å². The van der Waals surface area contributed by atoms with Crippen molar-refractivity contribution in [2.45, 2.75) is 32.2 Å². The molecule has 0 unspecified atom stereocenters. The molecular formula is C28H36N6O4. The number of benzene rings is 1. The standard InChI is InChI=1S/C28H36N6O4/c1-5-6-11-29-28(37)31-25-10-8-20(16-30-25)27(36)34-12-13-38-18-22(34)14-21-17-33(4)24-9-7-19(15-23(21)24)26(35)32(2)3/h7-10,15-17,22H,5-6,11-14,18H2,1-4H3,(H2,29,30,31,37)/t22-/m0/s1. The number of aromatic nitrogens is 2. The van der Waals surface area contributed by atoms with Gasteiger partial charge in [0.1, 0.15) is 5.82 Å². The molecule has 0 bridgehead atoms. The molecule has 0 radical (unpaired) electrons. The smallest absolute Gasteiger partial charge is 0.320 e. The largest absolute Gasteiger partial charge is 0.377 e. The number of unbranched alkanes of at least 4 members (excludes halogenated alkanes) is 1. The first-order valence-corrected chi connectivity index (χ1v) is 13.0. The van der Waals surface area contributed by atoms with Gasteiger partial charge in [-0.15, -0.1) is 0 Å². The second-order valence-electron chi connectivity index (χ2n) is 9.79. The summed E-state index contributed by atoms with van der Waals surface area (Å²) >= 11 is 0. The Bertz CT molecular complexity index is 1300. The fraction of sp³-hybridized carbons (Fsp3) is 0.429. The van der Waals surface area contributed by atoms with Gasteiger partial charge in [-0.05, 0) is 48.7 Å². The molecule has 202 valence electrons. The van der Waals surface area contributed by atoms with Crippen LogP contribution in [0.1, 0.15) is 46.0 Å². The highest BCUT2D eigenvalue weighted by Crippen LogP contribution is 2.26. The lowest BCUT2D eigenvalue weighted by atomic mass is 10.0. The molecule has 1 aliphatic heterocycles. The molecule has 0 spiro atoms. The molecule has 2 N–H and O–H groups in total. The fourth-order valence-corrected chi connectivity index (χ4v) is 4.67. The van der Waals surface area contributed by atoms with Gasteiger partial charge in [-0.3, -0.25) is 14.9 Å². The Balaban J connectivity index is 1.49. The third-order valence-corrected chi connectivity index (χ3v) is 6.74. The quantitative estimate of drug-likeness (QED) is 0.443. The summed E-state index contributed by atoms with van der Waals surface area (Å²) in [5.74, 6) is 0.199. The number of nitrogens with one attached hydrogen (secondary N) is 2. The number of carbonyl (C=O) groups excluding carboxylic acids is 3. The van der Waals surface area contributed by atoms with Gasteiger partial charge in [0.25, 0.3) is 11.8 Å². The summed E-state index contributed by atoms with van der Waals surface area (Å²) < 4.78 is 7.79. The molecule has 2 aromatic heterocycles. The average Bonchev–Trinajstić information content (AvgIpc) is 3.22. The minimum absolute atomic E-state index is 0.0524. The van der Waals surface area contributed by atoms with E-state index in [9.17, 15) is 14.4 Å². The molecule has 1 saturated heterocycles. The molecule has 1 atom stereocenters. The first-order valence-electron chi connectivity index (χ1n) is 13.0. The van der Waals surface area contributed by atoms with E-state index < -0.39 is 0 Å². The predicted molar refractivity (Wildman–Crippen MR) is 146 cm³/mol. The third-order valence-electron chi connectivity index (χ3n) is 6.74. The summed E-state index contributed by atoms with van der Waals surface area (Å²) in [6, 6.07) is 8.56. The summed E-state index contributed by atoms with van der Waals surface area (Å²) in [4.78, 5) is 45.7. The topological polar surface area (TPSA) is 109 Å². The van der Waals surface area contributed by atoms with Crippen LogP contribution in [-0.4, -0.2) is 83.6 Å². The number of ether oxygens (including phenoxy) is 1. The molecule has 1 aliphatic rings. The number of carbonyl (C=O) groups is 3. The van der Waals surface area contributed by atoms with Crippen LogP contribution in [0.2, 0.25) is 0 Å². The summed E-state index contributed by atoms with van der Waals surface area (Å²) in [6.07, 6.45) is 6.04. The summed E-state index contributed by atoms with van der Waals surface area (Å²) in [5, 5.41) is 6.46. The molecule has 4 rings (SSSR count). The van der Waals surface area contributed by atoms with E-state index >= 15 is 0 Å². The van der Waals surface area contributed by atoms with Crippen LogP contribution in [0.25, 0.3) is 10.9 Å². The van der Waals surface area contributed by atoms with Gasteiger partial charge < -0.3 is 24.4 Å².